The van der Waals surface area contributed by atoms with Crippen molar-refractivity contribution < 1.29 is 0 Å². The number of rotatable bonds is 8. The molecule has 0 spiro atoms. The Balaban J connectivity index is 1.38. The molecular formula is C23H23Cl2N9. The quantitative estimate of drug-likeness (QED) is 0.195. The first kappa shape index (κ1) is 23.5. The highest BCUT2D eigenvalue weighted by molar-refractivity contribution is 6.32. The van der Waals surface area contributed by atoms with Crippen LogP contribution in [0.3, 0.4) is 0 Å². The second kappa shape index (κ2) is 10.5. The Kier molecular flexibility index (Phi) is 7.27. The van der Waals surface area contributed by atoms with Crippen LogP contribution in [0.2, 0.25) is 10.3 Å². The third-order valence-electron chi connectivity index (χ3n) is 4.91. The average molecular weight is 496 g/mol. The summed E-state index contributed by atoms with van der Waals surface area (Å²) in [4.78, 5) is 0. The molecule has 34 heavy (non-hydrogen) atoms. The Bertz CT molecular complexity index is 1210. The molecule has 174 valence electrons. The van der Waals surface area contributed by atoms with Crippen molar-refractivity contribution in [3.63, 3.8) is 0 Å². The van der Waals surface area contributed by atoms with Crippen molar-refractivity contribution in [3.8, 4) is 11.4 Å². The lowest BCUT2D eigenvalue weighted by Crippen LogP contribution is -2.44. The summed E-state index contributed by atoms with van der Waals surface area (Å²) in [5.74, 6) is 0. The van der Waals surface area contributed by atoms with Gasteiger partial charge < -0.3 is 0 Å². The van der Waals surface area contributed by atoms with E-state index in [1.165, 1.54) is 0 Å². The van der Waals surface area contributed by atoms with Gasteiger partial charge in [-0.3, -0.25) is 16.6 Å². The van der Waals surface area contributed by atoms with E-state index in [0.717, 1.165) is 22.8 Å². The van der Waals surface area contributed by atoms with E-state index in [0.29, 0.717) is 21.4 Å². The van der Waals surface area contributed by atoms with E-state index in [4.69, 9.17) is 28.9 Å². The average Bonchev–Trinajstić information content (AvgIpc) is 3.30. The van der Waals surface area contributed by atoms with Crippen LogP contribution in [0.5, 0.6) is 0 Å². The molecule has 4 rings (SSSR count). The molecule has 0 saturated heterocycles. The van der Waals surface area contributed by atoms with Gasteiger partial charge in [0, 0.05) is 0 Å². The number of aromatic nitrogens is 4. The van der Waals surface area contributed by atoms with Crippen LogP contribution in [0.15, 0.2) is 70.9 Å². The number of hydrogen-bond donors (Lipinski definition) is 3. The smallest absolute Gasteiger partial charge is 0.180 e. The summed E-state index contributed by atoms with van der Waals surface area (Å²) in [6, 6.07) is 19.2. The summed E-state index contributed by atoms with van der Waals surface area (Å²) in [5.41, 5.74) is 16.1. The molecule has 0 atom stereocenters. The molecule has 0 fully saturated rings. The van der Waals surface area contributed by atoms with E-state index in [-0.39, 0.29) is 0 Å². The minimum atomic E-state index is -0.751. The van der Waals surface area contributed by atoms with Crippen LogP contribution in [0, 0.1) is 13.8 Å². The standard InChI is InChI=1S/C23H23Cl2N9/c1-15-19(21(24)33(31-15)17-9-5-3-6-10-17)13-27-29-23(26)30-28-14-20-16(2)32-34(22(20)25)18-11-7-4-8-12-18/h3-14,23,29-30H,26H2,1-2H3/b27-13-,28-14-. The summed E-state index contributed by atoms with van der Waals surface area (Å²) >= 11 is 13.0. The summed E-state index contributed by atoms with van der Waals surface area (Å²) < 4.78 is 3.31. The van der Waals surface area contributed by atoms with Crippen LogP contribution in [-0.2, 0) is 0 Å². The molecule has 0 unspecified atom stereocenters. The summed E-state index contributed by atoms with van der Waals surface area (Å²) in [7, 11) is 0. The lowest BCUT2D eigenvalue weighted by molar-refractivity contribution is 0.464. The van der Waals surface area contributed by atoms with Gasteiger partial charge in [-0.05, 0) is 38.1 Å². The fraction of sp³-hybridized carbons (Fsp3) is 0.130. The van der Waals surface area contributed by atoms with Gasteiger partial charge in [0.25, 0.3) is 0 Å². The number of nitrogens with one attached hydrogen (secondary N) is 2. The van der Waals surface area contributed by atoms with Gasteiger partial charge in [-0.2, -0.15) is 20.4 Å². The number of hydrazone groups is 2. The van der Waals surface area contributed by atoms with Crippen molar-refractivity contribution in [2.45, 2.75) is 20.1 Å². The number of benzene rings is 2. The van der Waals surface area contributed by atoms with E-state index in [1.807, 2.05) is 74.5 Å². The molecule has 2 heterocycles. The maximum absolute atomic E-state index is 6.50. The zero-order valence-electron chi connectivity index (χ0n) is 18.5. The number of nitrogens with two attached hydrogens (primary N) is 1. The molecule has 2 aromatic carbocycles. The molecule has 0 saturated carbocycles. The first-order valence-electron chi connectivity index (χ1n) is 10.4. The van der Waals surface area contributed by atoms with Gasteiger partial charge in [-0.25, -0.2) is 9.36 Å². The number of aryl methyl sites for hydroxylation is 2. The summed E-state index contributed by atoms with van der Waals surface area (Å²) in [6.07, 6.45) is 2.39. The molecule has 2 aromatic heterocycles. The molecule has 4 N–H and O–H groups in total. The third-order valence-corrected chi connectivity index (χ3v) is 5.64. The molecule has 0 bridgehead atoms. The highest BCUT2D eigenvalue weighted by Crippen LogP contribution is 2.23. The highest BCUT2D eigenvalue weighted by Gasteiger charge is 2.14. The van der Waals surface area contributed by atoms with E-state index in [9.17, 15) is 0 Å². The Morgan fingerprint density at radius 3 is 1.53 bits per heavy atom. The molecule has 4 aromatic rings. The monoisotopic (exact) mass is 495 g/mol. The molecule has 0 aliphatic carbocycles. The van der Waals surface area contributed by atoms with Crippen molar-refractivity contribution in [2.24, 2.45) is 15.9 Å². The summed E-state index contributed by atoms with van der Waals surface area (Å²) in [6.45, 7) is 3.72. The predicted molar refractivity (Wildman–Crippen MR) is 136 cm³/mol. The minimum absolute atomic E-state index is 0.453. The Hall–Kier alpha value is -3.66. The van der Waals surface area contributed by atoms with Crippen LogP contribution < -0.4 is 16.6 Å². The second-order valence-electron chi connectivity index (χ2n) is 7.33. The zero-order chi connectivity index (χ0) is 24.1. The predicted octanol–water partition coefficient (Wildman–Crippen LogP) is 3.77. The van der Waals surface area contributed by atoms with E-state index in [2.05, 4.69) is 31.3 Å². The SMILES string of the molecule is Cc1nn(-c2ccccc2)c(Cl)c1/C=N\NC(N)N/N=C\c1c(C)nn(-c2ccccc2)c1Cl. The topological polar surface area (TPSA) is 110 Å². The zero-order valence-corrected chi connectivity index (χ0v) is 20.0. The number of para-hydroxylation sites is 2. The van der Waals surface area contributed by atoms with Crippen molar-refractivity contribution in [2.75, 3.05) is 0 Å². The number of halogens is 2. The maximum Gasteiger partial charge on any atom is 0.180 e. The lowest BCUT2D eigenvalue weighted by atomic mass is 10.3. The van der Waals surface area contributed by atoms with Crippen LogP contribution in [0.1, 0.15) is 22.5 Å². The lowest BCUT2D eigenvalue weighted by Gasteiger charge is -2.09. The van der Waals surface area contributed by atoms with Gasteiger partial charge >= 0.3 is 0 Å². The van der Waals surface area contributed by atoms with Crippen LogP contribution in [0.4, 0.5) is 0 Å². The Morgan fingerprint density at radius 2 is 1.15 bits per heavy atom. The van der Waals surface area contributed by atoms with Crippen molar-refractivity contribution in [1.82, 2.24) is 30.4 Å². The van der Waals surface area contributed by atoms with E-state index >= 15 is 0 Å². The van der Waals surface area contributed by atoms with Crippen LogP contribution >= 0.6 is 23.2 Å². The number of nitrogens with zero attached hydrogens (tertiary/aromatic N) is 6. The number of hydrogen-bond acceptors (Lipinski definition) is 7. The van der Waals surface area contributed by atoms with Gasteiger partial charge in [0.15, 0.2) is 6.29 Å². The van der Waals surface area contributed by atoms with Crippen molar-refractivity contribution in [3.05, 3.63) is 93.5 Å². The normalized spacial score (nSPS) is 11.7. The van der Waals surface area contributed by atoms with Crippen molar-refractivity contribution >= 4 is 35.6 Å². The molecule has 0 amide bonds. The molecule has 11 heteroatoms. The van der Waals surface area contributed by atoms with Gasteiger partial charge in [0.1, 0.15) is 10.3 Å². The maximum atomic E-state index is 6.50. The summed E-state index contributed by atoms with van der Waals surface area (Å²) in [5, 5.41) is 18.2. The molecular weight excluding hydrogens is 473 g/mol. The van der Waals surface area contributed by atoms with Crippen molar-refractivity contribution in [1.29, 1.82) is 0 Å². The van der Waals surface area contributed by atoms with Gasteiger partial charge in [0.05, 0.1) is 46.3 Å². The molecule has 0 aliphatic heterocycles. The van der Waals surface area contributed by atoms with Gasteiger partial charge in [0.2, 0.25) is 0 Å². The van der Waals surface area contributed by atoms with E-state index < -0.39 is 6.29 Å². The van der Waals surface area contributed by atoms with Crippen LogP contribution in [-0.4, -0.2) is 38.3 Å². The fourth-order valence-electron chi connectivity index (χ4n) is 3.19. The van der Waals surface area contributed by atoms with E-state index in [1.54, 1.807) is 21.8 Å². The van der Waals surface area contributed by atoms with Gasteiger partial charge in [-0.15, -0.1) is 0 Å². The Morgan fingerprint density at radius 1 is 0.765 bits per heavy atom. The first-order valence-corrected chi connectivity index (χ1v) is 11.1. The van der Waals surface area contributed by atoms with Crippen LogP contribution in [0.25, 0.3) is 11.4 Å². The first-order chi connectivity index (χ1) is 16.5. The second-order valence-corrected chi connectivity index (χ2v) is 8.04. The largest absolute Gasteiger partial charge is 0.292 e. The molecule has 0 radical (unpaired) electrons. The third kappa shape index (κ3) is 5.12. The van der Waals surface area contributed by atoms with Gasteiger partial charge in [-0.1, -0.05) is 59.6 Å². The fourth-order valence-corrected chi connectivity index (χ4v) is 3.83. The highest BCUT2D eigenvalue weighted by atomic mass is 35.5. The minimum Gasteiger partial charge on any atom is -0.292 e. The molecule has 0 aliphatic rings. The Labute approximate surface area is 206 Å². The molecule has 9 nitrogen and oxygen atoms in total.